The van der Waals surface area contributed by atoms with E-state index in [4.69, 9.17) is 5.73 Å². The molecule has 0 saturated heterocycles. The Morgan fingerprint density at radius 2 is 2.09 bits per heavy atom. The van der Waals surface area contributed by atoms with E-state index in [1.54, 1.807) is 24.5 Å². The van der Waals surface area contributed by atoms with Gasteiger partial charge in [-0.15, -0.1) is 5.10 Å². The fraction of sp³-hybridized carbons (Fsp3) is 0. The minimum absolute atomic E-state index is 0.146. The summed E-state index contributed by atoms with van der Waals surface area (Å²) in [5.74, 6) is -0.336. The van der Waals surface area contributed by atoms with Crippen molar-refractivity contribution in [2.45, 2.75) is 0 Å². The molecular weight excluding hydrogens is 354 g/mol. The molecule has 0 radical (unpaired) electrons. The second-order valence-corrected chi connectivity index (χ2v) is 5.00. The number of pyridine rings is 1. The number of amidine groups is 1. The molecule has 0 fully saturated rings. The van der Waals surface area contributed by atoms with E-state index in [-0.39, 0.29) is 11.4 Å². The Hall–Kier alpha value is -2.81. The van der Waals surface area contributed by atoms with E-state index in [1.165, 1.54) is 18.3 Å². The highest BCUT2D eigenvalue weighted by molar-refractivity contribution is 9.10. The number of rotatable bonds is 4. The standard InChI is InChI=1S/C13H10BrN5O3/c14-10-5-9(12(20)11(6-10)19(21)22)7-17-18-13(15)8-1-3-16-4-2-8/h1-7,20H,(H2,15,18)/b17-7+. The predicted octanol–water partition coefficient (Wildman–Crippen LogP) is 2.20. The van der Waals surface area contributed by atoms with E-state index in [9.17, 15) is 15.2 Å². The smallest absolute Gasteiger partial charge is 0.312 e. The summed E-state index contributed by atoms with van der Waals surface area (Å²) in [4.78, 5) is 14.0. The van der Waals surface area contributed by atoms with Crippen molar-refractivity contribution in [3.63, 3.8) is 0 Å². The lowest BCUT2D eigenvalue weighted by Crippen LogP contribution is -2.12. The zero-order chi connectivity index (χ0) is 16.1. The molecule has 3 N–H and O–H groups in total. The van der Waals surface area contributed by atoms with Crippen LogP contribution in [0.25, 0.3) is 0 Å². The van der Waals surface area contributed by atoms with Gasteiger partial charge in [0.15, 0.2) is 5.84 Å². The Balaban J connectivity index is 2.29. The molecule has 2 rings (SSSR count). The largest absolute Gasteiger partial charge is 0.502 e. The lowest BCUT2D eigenvalue weighted by molar-refractivity contribution is -0.385. The Morgan fingerprint density at radius 1 is 1.41 bits per heavy atom. The number of nitrogens with zero attached hydrogens (tertiary/aromatic N) is 4. The molecule has 8 nitrogen and oxygen atoms in total. The van der Waals surface area contributed by atoms with Crippen molar-refractivity contribution in [3.05, 3.63) is 62.4 Å². The van der Waals surface area contributed by atoms with Crippen LogP contribution in [0.5, 0.6) is 5.75 Å². The molecule has 22 heavy (non-hydrogen) atoms. The third kappa shape index (κ3) is 3.64. The molecule has 2 aromatic rings. The van der Waals surface area contributed by atoms with E-state index < -0.39 is 16.4 Å². The van der Waals surface area contributed by atoms with Crippen molar-refractivity contribution in [2.75, 3.05) is 0 Å². The van der Waals surface area contributed by atoms with Crippen LogP contribution >= 0.6 is 15.9 Å². The van der Waals surface area contributed by atoms with Crippen LogP contribution in [0.4, 0.5) is 5.69 Å². The van der Waals surface area contributed by atoms with E-state index in [2.05, 4.69) is 31.1 Å². The molecule has 0 amide bonds. The van der Waals surface area contributed by atoms with Gasteiger partial charge in [0.25, 0.3) is 0 Å². The van der Waals surface area contributed by atoms with Gasteiger partial charge < -0.3 is 10.8 Å². The highest BCUT2D eigenvalue weighted by atomic mass is 79.9. The number of benzene rings is 1. The third-order valence-electron chi connectivity index (χ3n) is 2.62. The average Bonchev–Trinajstić information content (AvgIpc) is 2.50. The van der Waals surface area contributed by atoms with Crippen LogP contribution in [-0.4, -0.2) is 27.1 Å². The van der Waals surface area contributed by atoms with Crippen LogP contribution in [0, 0.1) is 10.1 Å². The van der Waals surface area contributed by atoms with Gasteiger partial charge in [0, 0.05) is 34.1 Å². The number of hydrogen-bond acceptors (Lipinski definition) is 6. The molecular formula is C13H10BrN5O3. The fourth-order valence-corrected chi connectivity index (χ4v) is 2.04. The maximum atomic E-state index is 10.8. The number of nitro groups is 1. The van der Waals surface area contributed by atoms with E-state index in [1.807, 2.05) is 0 Å². The topological polar surface area (TPSA) is 127 Å². The van der Waals surface area contributed by atoms with Crippen LogP contribution in [0.2, 0.25) is 0 Å². The molecule has 0 bridgehead atoms. The summed E-state index contributed by atoms with van der Waals surface area (Å²) >= 11 is 3.13. The second kappa shape index (κ2) is 6.76. The zero-order valence-corrected chi connectivity index (χ0v) is 12.6. The summed E-state index contributed by atoms with van der Waals surface area (Å²) in [6, 6.07) is 6.00. The van der Waals surface area contributed by atoms with Gasteiger partial charge in [0.1, 0.15) is 0 Å². The van der Waals surface area contributed by atoms with Gasteiger partial charge in [-0.2, -0.15) is 5.10 Å². The van der Waals surface area contributed by atoms with Crippen molar-refractivity contribution < 1.29 is 10.0 Å². The highest BCUT2D eigenvalue weighted by Crippen LogP contribution is 2.32. The quantitative estimate of drug-likeness (QED) is 0.372. The summed E-state index contributed by atoms with van der Waals surface area (Å²) in [6.45, 7) is 0. The predicted molar refractivity (Wildman–Crippen MR) is 85.0 cm³/mol. The Morgan fingerprint density at radius 3 is 2.73 bits per heavy atom. The number of hydrogen-bond donors (Lipinski definition) is 2. The van der Waals surface area contributed by atoms with Gasteiger partial charge in [-0.05, 0) is 18.2 Å². The minimum Gasteiger partial charge on any atom is -0.502 e. The monoisotopic (exact) mass is 363 g/mol. The molecule has 1 aromatic heterocycles. The first-order valence-electron chi connectivity index (χ1n) is 5.93. The molecule has 0 atom stereocenters. The normalized spacial score (nSPS) is 11.8. The first-order chi connectivity index (χ1) is 10.5. The van der Waals surface area contributed by atoms with Crippen molar-refractivity contribution in [2.24, 2.45) is 15.9 Å². The van der Waals surface area contributed by atoms with Gasteiger partial charge in [-0.3, -0.25) is 15.1 Å². The maximum Gasteiger partial charge on any atom is 0.312 e. The molecule has 0 saturated carbocycles. The Labute approximate surface area is 133 Å². The molecule has 0 aliphatic heterocycles. The van der Waals surface area contributed by atoms with E-state index in [0.717, 1.165) is 0 Å². The molecule has 0 unspecified atom stereocenters. The van der Waals surface area contributed by atoms with Gasteiger partial charge in [0.2, 0.25) is 5.75 Å². The van der Waals surface area contributed by atoms with Crippen molar-refractivity contribution in [1.82, 2.24) is 4.98 Å². The van der Waals surface area contributed by atoms with Crippen LogP contribution < -0.4 is 5.73 Å². The number of nitrogens with two attached hydrogens (primary N) is 1. The highest BCUT2D eigenvalue weighted by Gasteiger charge is 2.17. The summed E-state index contributed by atoms with van der Waals surface area (Å²) in [6.07, 6.45) is 4.30. The summed E-state index contributed by atoms with van der Waals surface area (Å²) in [5, 5.41) is 28.2. The molecule has 1 heterocycles. The molecule has 1 aromatic carbocycles. The Kier molecular flexibility index (Phi) is 4.79. The van der Waals surface area contributed by atoms with Crippen molar-refractivity contribution in [1.29, 1.82) is 0 Å². The van der Waals surface area contributed by atoms with Gasteiger partial charge in [-0.1, -0.05) is 15.9 Å². The second-order valence-electron chi connectivity index (χ2n) is 4.09. The summed E-state index contributed by atoms with van der Waals surface area (Å²) in [5.41, 5.74) is 6.09. The molecule has 0 aliphatic carbocycles. The third-order valence-corrected chi connectivity index (χ3v) is 3.08. The SMILES string of the molecule is N/C(=N\N=C\c1cc(Br)cc([N+](=O)[O-])c1O)c1ccncc1. The van der Waals surface area contributed by atoms with Crippen LogP contribution in [-0.2, 0) is 0 Å². The molecule has 112 valence electrons. The summed E-state index contributed by atoms with van der Waals surface area (Å²) < 4.78 is 0.435. The van der Waals surface area contributed by atoms with E-state index in [0.29, 0.717) is 10.0 Å². The first kappa shape index (κ1) is 15.6. The number of phenols is 1. The number of aromatic nitrogens is 1. The van der Waals surface area contributed by atoms with Crippen LogP contribution in [0.3, 0.4) is 0 Å². The lowest BCUT2D eigenvalue weighted by Gasteiger charge is -2.01. The van der Waals surface area contributed by atoms with Crippen LogP contribution in [0.15, 0.2) is 51.3 Å². The maximum absolute atomic E-state index is 10.8. The summed E-state index contributed by atoms with van der Waals surface area (Å²) in [7, 11) is 0. The number of phenolic OH excluding ortho intramolecular Hbond substituents is 1. The van der Waals surface area contributed by atoms with Gasteiger partial charge in [-0.25, -0.2) is 0 Å². The van der Waals surface area contributed by atoms with Crippen LogP contribution in [0.1, 0.15) is 11.1 Å². The van der Waals surface area contributed by atoms with Gasteiger partial charge >= 0.3 is 5.69 Å². The zero-order valence-electron chi connectivity index (χ0n) is 11.0. The number of halogens is 1. The lowest BCUT2D eigenvalue weighted by atomic mass is 10.2. The average molecular weight is 364 g/mol. The van der Waals surface area contributed by atoms with Crippen molar-refractivity contribution in [3.8, 4) is 5.75 Å². The number of aromatic hydroxyl groups is 1. The molecule has 9 heteroatoms. The Bertz CT molecular complexity index is 762. The van der Waals surface area contributed by atoms with Gasteiger partial charge in [0.05, 0.1) is 11.1 Å². The number of nitro benzene ring substituents is 1. The molecule has 0 spiro atoms. The fourth-order valence-electron chi connectivity index (χ4n) is 1.58. The van der Waals surface area contributed by atoms with Crippen molar-refractivity contribution >= 4 is 33.7 Å². The first-order valence-corrected chi connectivity index (χ1v) is 6.72. The van der Waals surface area contributed by atoms with E-state index >= 15 is 0 Å². The molecule has 0 aliphatic rings. The minimum atomic E-state index is -0.688.